The van der Waals surface area contributed by atoms with Crippen molar-refractivity contribution in [3.05, 3.63) is 19.8 Å². The zero-order valence-corrected chi connectivity index (χ0v) is 14.0. The summed E-state index contributed by atoms with van der Waals surface area (Å²) in [6, 6.07) is 3.36. The molecule has 0 amide bonds. The Kier molecular flexibility index (Phi) is 5.51. The van der Waals surface area contributed by atoms with Gasteiger partial charge in [0.25, 0.3) is 0 Å². The molecule has 2 rings (SSSR count). The first-order chi connectivity index (χ1) is 8.56. The summed E-state index contributed by atoms with van der Waals surface area (Å²) in [5, 5.41) is 3.57. The molecule has 1 aromatic rings. The standard InChI is InChI=1S/C13H20BrClN2S/c1-9(2)17(7-10-4-3-5-16-10)8-11-6-12(14)13(15)18-11/h6,9-10,16H,3-5,7-8H2,1-2H3. The molecule has 18 heavy (non-hydrogen) atoms. The van der Waals surface area contributed by atoms with Crippen LogP contribution in [0, 0.1) is 0 Å². The zero-order valence-electron chi connectivity index (χ0n) is 10.9. The summed E-state index contributed by atoms with van der Waals surface area (Å²) in [6.07, 6.45) is 2.62. The molecule has 1 aliphatic rings. The van der Waals surface area contributed by atoms with E-state index in [2.05, 4.69) is 46.1 Å². The van der Waals surface area contributed by atoms with Crippen LogP contribution in [0.25, 0.3) is 0 Å². The van der Waals surface area contributed by atoms with Crippen molar-refractivity contribution in [2.45, 2.75) is 45.3 Å². The Morgan fingerprint density at radius 3 is 2.89 bits per heavy atom. The second-order valence-corrected chi connectivity index (χ2v) is 7.74. The summed E-state index contributed by atoms with van der Waals surface area (Å²) < 4.78 is 1.87. The monoisotopic (exact) mass is 350 g/mol. The third-order valence-corrected chi connectivity index (χ3v) is 5.86. The van der Waals surface area contributed by atoms with Crippen molar-refractivity contribution in [2.24, 2.45) is 0 Å². The van der Waals surface area contributed by atoms with E-state index < -0.39 is 0 Å². The topological polar surface area (TPSA) is 15.3 Å². The molecule has 1 unspecified atom stereocenters. The van der Waals surface area contributed by atoms with Gasteiger partial charge in [0.2, 0.25) is 0 Å². The van der Waals surface area contributed by atoms with Crippen LogP contribution in [0.5, 0.6) is 0 Å². The van der Waals surface area contributed by atoms with Gasteiger partial charge in [0.05, 0.1) is 0 Å². The minimum Gasteiger partial charge on any atom is -0.313 e. The summed E-state index contributed by atoms with van der Waals surface area (Å²) in [4.78, 5) is 3.86. The molecule has 0 saturated carbocycles. The van der Waals surface area contributed by atoms with Gasteiger partial charge in [-0.15, -0.1) is 11.3 Å². The van der Waals surface area contributed by atoms with Crippen molar-refractivity contribution in [1.82, 2.24) is 10.2 Å². The molecule has 102 valence electrons. The van der Waals surface area contributed by atoms with Crippen molar-refractivity contribution in [3.8, 4) is 0 Å². The van der Waals surface area contributed by atoms with Gasteiger partial charge in [-0.05, 0) is 55.2 Å². The number of rotatable bonds is 5. The van der Waals surface area contributed by atoms with E-state index in [0.29, 0.717) is 12.1 Å². The normalized spacial score (nSPS) is 20.2. The molecule has 0 spiro atoms. The molecule has 2 heterocycles. The van der Waals surface area contributed by atoms with E-state index in [0.717, 1.165) is 21.9 Å². The molecule has 0 aliphatic carbocycles. The highest BCUT2D eigenvalue weighted by Crippen LogP contribution is 2.32. The first-order valence-corrected chi connectivity index (χ1v) is 8.46. The van der Waals surface area contributed by atoms with Crippen molar-refractivity contribution in [2.75, 3.05) is 13.1 Å². The van der Waals surface area contributed by atoms with Crippen LogP contribution < -0.4 is 5.32 Å². The largest absolute Gasteiger partial charge is 0.313 e. The van der Waals surface area contributed by atoms with Gasteiger partial charge < -0.3 is 5.32 Å². The first-order valence-electron chi connectivity index (χ1n) is 6.47. The summed E-state index contributed by atoms with van der Waals surface area (Å²) in [6.45, 7) is 7.82. The summed E-state index contributed by atoms with van der Waals surface area (Å²) in [7, 11) is 0. The van der Waals surface area contributed by atoms with Gasteiger partial charge in [-0.25, -0.2) is 0 Å². The molecule has 5 heteroatoms. The number of nitrogens with zero attached hydrogens (tertiary/aromatic N) is 1. The molecule has 1 fully saturated rings. The number of thiophene rings is 1. The predicted molar refractivity (Wildman–Crippen MR) is 83.6 cm³/mol. The molecule has 0 radical (unpaired) electrons. The lowest BCUT2D eigenvalue weighted by molar-refractivity contribution is 0.196. The van der Waals surface area contributed by atoms with Gasteiger partial charge in [0.1, 0.15) is 4.34 Å². The van der Waals surface area contributed by atoms with Crippen molar-refractivity contribution in [3.63, 3.8) is 0 Å². The maximum Gasteiger partial charge on any atom is 0.107 e. The molecule has 0 aromatic carbocycles. The molecule has 1 aromatic heterocycles. The van der Waals surface area contributed by atoms with Crippen molar-refractivity contribution < 1.29 is 0 Å². The molecule has 1 atom stereocenters. The van der Waals surface area contributed by atoms with Gasteiger partial charge in [-0.1, -0.05) is 11.6 Å². The number of halogens is 2. The molecule has 1 saturated heterocycles. The van der Waals surface area contributed by atoms with Gasteiger partial charge in [0, 0.05) is 34.5 Å². The lowest BCUT2D eigenvalue weighted by Crippen LogP contribution is -2.40. The minimum atomic E-state index is 0.562. The van der Waals surface area contributed by atoms with Crippen LogP contribution >= 0.6 is 38.9 Å². The molecule has 1 aliphatic heterocycles. The first kappa shape index (κ1) is 14.8. The summed E-state index contributed by atoms with van der Waals surface area (Å²) >= 11 is 11.3. The Morgan fingerprint density at radius 1 is 1.61 bits per heavy atom. The average Bonchev–Trinajstić information content (AvgIpc) is 2.89. The van der Waals surface area contributed by atoms with Gasteiger partial charge >= 0.3 is 0 Å². The maximum absolute atomic E-state index is 6.10. The lowest BCUT2D eigenvalue weighted by Gasteiger charge is -2.28. The molecule has 0 bridgehead atoms. The zero-order chi connectivity index (χ0) is 13.1. The molecule has 2 nitrogen and oxygen atoms in total. The van der Waals surface area contributed by atoms with Gasteiger partial charge in [0.15, 0.2) is 0 Å². The Bertz CT molecular complexity index is 369. The van der Waals surface area contributed by atoms with Crippen LogP contribution in [-0.4, -0.2) is 30.1 Å². The van der Waals surface area contributed by atoms with E-state index in [1.54, 1.807) is 11.3 Å². The Morgan fingerprint density at radius 2 is 2.39 bits per heavy atom. The minimum absolute atomic E-state index is 0.562. The van der Waals surface area contributed by atoms with E-state index in [4.69, 9.17) is 11.6 Å². The fourth-order valence-corrected chi connectivity index (χ4v) is 4.14. The van der Waals surface area contributed by atoms with Crippen LogP contribution in [0.3, 0.4) is 0 Å². The second kappa shape index (κ2) is 6.71. The SMILES string of the molecule is CC(C)N(Cc1cc(Br)c(Cl)s1)CC1CCCN1. The van der Waals surface area contributed by atoms with Gasteiger partial charge in [-0.3, -0.25) is 4.90 Å². The van der Waals surface area contributed by atoms with E-state index in [9.17, 15) is 0 Å². The quantitative estimate of drug-likeness (QED) is 0.858. The van der Waals surface area contributed by atoms with E-state index >= 15 is 0 Å². The third kappa shape index (κ3) is 3.94. The highest BCUT2D eigenvalue weighted by Gasteiger charge is 2.20. The second-order valence-electron chi connectivity index (χ2n) is 5.15. The Labute approximate surface area is 127 Å². The van der Waals surface area contributed by atoms with E-state index in [-0.39, 0.29) is 0 Å². The number of hydrogen-bond acceptors (Lipinski definition) is 3. The highest BCUT2D eigenvalue weighted by atomic mass is 79.9. The summed E-state index contributed by atoms with van der Waals surface area (Å²) in [5.41, 5.74) is 0. The fourth-order valence-electron chi connectivity index (χ4n) is 2.32. The van der Waals surface area contributed by atoms with Crippen LogP contribution in [0.4, 0.5) is 0 Å². The summed E-state index contributed by atoms with van der Waals surface area (Å²) in [5.74, 6) is 0. The molecule has 1 N–H and O–H groups in total. The van der Waals surface area contributed by atoms with Crippen LogP contribution in [0.1, 0.15) is 31.6 Å². The van der Waals surface area contributed by atoms with Crippen LogP contribution in [0.2, 0.25) is 4.34 Å². The maximum atomic E-state index is 6.10. The highest BCUT2D eigenvalue weighted by molar-refractivity contribution is 9.10. The Hall–Kier alpha value is 0.390. The van der Waals surface area contributed by atoms with Crippen molar-refractivity contribution in [1.29, 1.82) is 0 Å². The van der Waals surface area contributed by atoms with E-state index in [1.165, 1.54) is 24.3 Å². The molecular weight excluding hydrogens is 332 g/mol. The predicted octanol–water partition coefficient (Wildman–Crippen LogP) is 4.13. The van der Waals surface area contributed by atoms with Crippen LogP contribution in [0.15, 0.2) is 10.5 Å². The third-order valence-electron chi connectivity index (χ3n) is 3.40. The average molecular weight is 352 g/mol. The Balaban J connectivity index is 1.96. The van der Waals surface area contributed by atoms with Gasteiger partial charge in [-0.2, -0.15) is 0 Å². The van der Waals surface area contributed by atoms with Crippen molar-refractivity contribution >= 4 is 38.9 Å². The fraction of sp³-hybridized carbons (Fsp3) is 0.692. The van der Waals surface area contributed by atoms with E-state index in [1.807, 2.05) is 0 Å². The van der Waals surface area contributed by atoms with Crippen LogP contribution in [-0.2, 0) is 6.54 Å². The smallest absolute Gasteiger partial charge is 0.107 e. The lowest BCUT2D eigenvalue weighted by atomic mass is 10.2. The molecular formula is C13H20BrClN2S. The number of nitrogens with one attached hydrogen (secondary N) is 1. The number of hydrogen-bond donors (Lipinski definition) is 1.